The van der Waals surface area contributed by atoms with E-state index >= 15 is 0 Å². The quantitative estimate of drug-likeness (QED) is 0.189. The van der Waals surface area contributed by atoms with E-state index in [4.69, 9.17) is 0 Å². The molecule has 0 aliphatic heterocycles. The van der Waals surface area contributed by atoms with Gasteiger partial charge >= 0.3 is 0 Å². The Labute approximate surface area is 272 Å². The predicted octanol–water partition coefficient (Wildman–Crippen LogP) is 13.2. The van der Waals surface area contributed by atoms with Gasteiger partial charge in [0.15, 0.2) is 0 Å². The Morgan fingerprint density at radius 1 is 0.304 bits per heavy atom. The van der Waals surface area contributed by atoms with E-state index in [2.05, 4.69) is 181 Å². The average Bonchev–Trinajstić information content (AvgIpc) is 3.50. The molecule has 0 fully saturated rings. The van der Waals surface area contributed by atoms with Crippen LogP contribution in [0.25, 0.3) is 64.0 Å². The summed E-state index contributed by atoms with van der Waals surface area (Å²) in [4.78, 5) is 2.37. The van der Waals surface area contributed by atoms with Gasteiger partial charge in [0.05, 0.1) is 0 Å². The molecule has 216 valence electrons. The fourth-order valence-corrected chi connectivity index (χ4v) is 7.81. The number of nitrogens with zero attached hydrogens (tertiary/aromatic N) is 1. The van der Waals surface area contributed by atoms with E-state index in [9.17, 15) is 0 Å². The molecule has 0 unspecified atom stereocenters. The molecule has 9 aromatic rings. The van der Waals surface area contributed by atoms with Gasteiger partial charge in [-0.05, 0) is 98.4 Å². The molecule has 0 aliphatic carbocycles. The Hall–Kier alpha value is -5.70. The molecule has 0 atom stereocenters. The maximum Gasteiger partial charge on any atom is 0.0468 e. The SMILES string of the molecule is c1cc(-c2ccc3c(c2)sc2ccccc23)cc(N(c2ccc(-c3ccc4ccccc4c3)cc2)c2ccc3ccccc3c2)c1. The van der Waals surface area contributed by atoms with Crippen molar-refractivity contribution in [2.24, 2.45) is 0 Å². The highest BCUT2D eigenvalue weighted by atomic mass is 32.1. The summed E-state index contributed by atoms with van der Waals surface area (Å²) >= 11 is 1.87. The van der Waals surface area contributed by atoms with Gasteiger partial charge in [-0.3, -0.25) is 0 Å². The molecule has 8 aromatic carbocycles. The molecule has 0 aliphatic rings. The Morgan fingerprint density at radius 3 is 1.70 bits per heavy atom. The highest BCUT2D eigenvalue weighted by Crippen LogP contribution is 2.40. The highest BCUT2D eigenvalue weighted by molar-refractivity contribution is 7.25. The van der Waals surface area contributed by atoms with Crippen molar-refractivity contribution < 1.29 is 0 Å². The molecule has 0 bridgehead atoms. The molecule has 2 heteroatoms. The first kappa shape index (κ1) is 26.7. The van der Waals surface area contributed by atoms with Crippen LogP contribution in [-0.2, 0) is 0 Å². The van der Waals surface area contributed by atoms with E-state index in [-0.39, 0.29) is 0 Å². The van der Waals surface area contributed by atoms with Crippen molar-refractivity contribution in [1.82, 2.24) is 0 Å². The third kappa shape index (κ3) is 4.72. The predicted molar refractivity (Wildman–Crippen MR) is 200 cm³/mol. The Kier molecular flexibility index (Phi) is 6.40. The minimum Gasteiger partial charge on any atom is -0.310 e. The summed E-state index contributed by atoms with van der Waals surface area (Å²) in [6, 6.07) is 64.1. The van der Waals surface area contributed by atoms with E-state index in [0.717, 1.165) is 17.1 Å². The Bertz CT molecular complexity index is 2540. The van der Waals surface area contributed by atoms with E-state index in [1.54, 1.807) is 0 Å². The third-order valence-electron chi connectivity index (χ3n) is 9.02. The normalized spacial score (nSPS) is 11.5. The van der Waals surface area contributed by atoms with Gasteiger partial charge in [0, 0.05) is 37.2 Å². The average molecular weight is 604 g/mol. The molecular formula is C44H29NS. The molecule has 1 heterocycles. The molecule has 0 spiro atoms. The fraction of sp³-hybridized carbons (Fsp3) is 0. The van der Waals surface area contributed by atoms with Gasteiger partial charge in [-0.2, -0.15) is 0 Å². The summed E-state index contributed by atoms with van der Waals surface area (Å²) < 4.78 is 2.65. The third-order valence-corrected chi connectivity index (χ3v) is 10.1. The van der Waals surface area contributed by atoms with Gasteiger partial charge in [0.2, 0.25) is 0 Å². The lowest BCUT2D eigenvalue weighted by Gasteiger charge is -2.26. The van der Waals surface area contributed by atoms with Gasteiger partial charge in [-0.1, -0.05) is 121 Å². The van der Waals surface area contributed by atoms with Crippen LogP contribution in [0.2, 0.25) is 0 Å². The standard InChI is InChI=1S/C44H29NS/c1-3-10-33-26-36(17-16-30(33)8-1)32-18-22-38(23-19-32)45(40-24-20-31-9-2-4-11-34(31)27-40)39-13-7-12-35(28-39)37-21-25-42-41-14-5-6-15-43(41)46-44(42)29-37/h1-29H. The van der Waals surface area contributed by atoms with Crippen molar-refractivity contribution in [2.75, 3.05) is 4.90 Å². The maximum absolute atomic E-state index is 2.37. The second kappa shape index (κ2) is 11.0. The smallest absolute Gasteiger partial charge is 0.0468 e. The molecular weight excluding hydrogens is 575 g/mol. The largest absolute Gasteiger partial charge is 0.310 e. The maximum atomic E-state index is 2.37. The van der Waals surface area contributed by atoms with Crippen LogP contribution < -0.4 is 4.90 Å². The summed E-state index contributed by atoms with van der Waals surface area (Å²) in [6.45, 7) is 0. The molecule has 0 radical (unpaired) electrons. The monoisotopic (exact) mass is 603 g/mol. The van der Waals surface area contributed by atoms with E-state index in [0.29, 0.717) is 0 Å². The topological polar surface area (TPSA) is 3.24 Å². The minimum atomic E-state index is 1.12. The number of hydrogen-bond acceptors (Lipinski definition) is 2. The molecule has 1 aromatic heterocycles. The van der Waals surface area contributed by atoms with Gasteiger partial charge in [0.25, 0.3) is 0 Å². The van der Waals surface area contributed by atoms with Crippen LogP contribution in [0.1, 0.15) is 0 Å². The number of hydrogen-bond donors (Lipinski definition) is 0. The lowest BCUT2D eigenvalue weighted by atomic mass is 10.0. The van der Waals surface area contributed by atoms with Crippen LogP contribution in [0.4, 0.5) is 17.1 Å². The van der Waals surface area contributed by atoms with Crippen molar-refractivity contribution >= 4 is 70.1 Å². The van der Waals surface area contributed by atoms with Crippen LogP contribution in [-0.4, -0.2) is 0 Å². The van der Waals surface area contributed by atoms with E-state index in [1.807, 2.05) is 11.3 Å². The van der Waals surface area contributed by atoms with E-state index < -0.39 is 0 Å². The van der Waals surface area contributed by atoms with Crippen LogP contribution in [0.5, 0.6) is 0 Å². The minimum absolute atomic E-state index is 1.12. The van der Waals surface area contributed by atoms with Crippen LogP contribution >= 0.6 is 11.3 Å². The first-order chi connectivity index (χ1) is 22.8. The Balaban J connectivity index is 1.15. The Morgan fingerprint density at radius 2 is 0.870 bits per heavy atom. The molecule has 9 rings (SSSR count). The van der Waals surface area contributed by atoms with Gasteiger partial charge in [-0.15, -0.1) is 11.3 Å². The van der Waals surface area contributed by atoms with Crippen LogP contribution in [0.3, 0.4) is 0 Å². The summed E-state index contributed by atoms with van der Waals surface area (Å²) in [5, 5.41) is 7.64. The number of fused-ring (bicyclic) bond motifs is 5. The number of thiophene rings is 1. The molecule has 46 heavy (non-hydrogen) atoms. The first-order valence-electron chi connectivity index (χ1n) is 15.7. The summed E-state index contributed by atoms with van der Waals surface area (Å²) in [5.74, 6) is 0. The number of rotatable bonds is 5. The van der Waals surface area contributed by atoms with Crippen LogP contribution in [0, 0.1) is 0 Å². The summed E-state index contributed by atoms with van der Waals surface area (Å²) in [6.07, 6.45) is 0. The van der Waals surface area contributed by atoms with Crippen LogP contribution in [0.15, 0.2) is 176 Å². The van der Waals surface area contributed by atoms with Gasteiger partial charge < -0.3 is 4.90 Å². The molecule has 1 nitrogen and oxygen atoms in total. The first-order valence-corrected chi connectivity index (χ1v) is 16.5. The molecule has 0 amide bonds. The van der Waals surface area contributed by atoms with E-state index in [1.165, 1.54) is 64.0 Å². The zero-order chi connectivity index (χ0) is 30.5. The zero-order valence-corrected chi connectivity index (χ0v) is 25.9. The second-order valence-corrected chi connectivity index (χ2v) is 12.9. The lowest BCUT2D eigenvalue weighted by Crippen LogP contribution is -2.10. The van der Waals surface area contributed by atoms with Gasteiger partial charge in [-0.25, -0.2) is 0 Å². The molecule has 0 N–H and O–H groups in total. The van der Waals surface area contributed by atoms with Crippen molar-refractivity contribution in [2.45, 2.75) is 0 Å². The molecule has 0 saturated carbocycles. The summed E-state index contributed by atoms with van der Waals surface area (Å²) in [5.41, 5.74) is 8.25. The number of benzene rings is 8. The number of anilines is 3. The van der Waals surface area contributed by atoms with Crippen molar-refractivity contribution in [1.29, 1.82) is 0 Å². The molecule has 0 saturated heterocycles. The fourth-order valence-electron chi connectivity index (χ4n) is 6.66. The van der Waals surface area contributed by atoms with Crippen molar-refractivity contribution in [3.05, 3.63) is 176 Å². The zero-order valence-electron chi connectivity index (χ0n) is 25.1. The van der Waals surface area contributed by atoms with Crippen molar-refractivity contribution in [3.63, 3.8) is 0 Å². The highest BCUT2D eigenvalue weighted by Gasteiger charge is 2.15. The van der Waals surface area contributed by atoms with Crippen molar-refractivity contribution in [3.8, 4) is 22.3 Å². The summed E-state index contributed by atoms with van der Waals surface area (Å²) in [7, 11) is 0. The van der Waals surface area contributed by atoms with Gasteiger partial charge in [0.1, 0.15) is 0 Å². The second-order valence-electron chi connectivity index (χ2n) is 11.8. The lowest BCUT2D eigenvalue weighted by molar-refractivity contribution is 1.29.